The summed E-state index contributed by atoms with van der Waals surface area (Å²) >= 11 is 1.67. The summed E-state index contributed by atoms with van der Waals surface area (Å²) in [7, 11) is 2.43. The lowest BCUT2D eigenvalue weighted by Gasteiger charge is -2.33. The van der Waals surface area contributed by atoms with Crippen molar-refractivity contribution < 1.29 is 23.2 Å². The third-order valence-electron chi connectivity index (χ3n) is 7.91. The number of nitrogens with zero attached hydrogens (tertiary/aromatic N) is 2. The number of piperazine rings is 1. The Labute approximate surface area is 258 Å². The first-order valence-corrected chi connectivity index (χ1v) is 17.1. The van der Waals surface area contributed by atoms with Crippen LogP contribution in [-0.2, 0) is 30.0 Å². The zero-order valence-corrected chi connectivity index (χ0v) is 27.1. The summed E-state index contributed by atoms with van der Waals surface area (Å²) in [4.78, 5) is 20.9. The van der Waals surface area contributed by atoms with Crippen molar-refractivity contribution in [3.05, 3.63) is 51.9 Å². The molecule has 1 amide bonds. The molecule has 234 valence electrons. The minimum absolute atomic E-state index is 0.0209. The quantitative estimate of drug-likeness (QED) is 0.306. The van der Waals surface area contributed by atoms with E-state index in [1.54, 1.807) is 18.9 Å². The Balaban J connectivity index is 1.49. The van der Waals surface area contributed by atoms with Crippen molar-refractivity contribution in [2.75, 3.05) is 73.2 Å². The van der Waals surface area contributed by atoms with Crippen LogP contribution in [0.2, 0.25) is 0 Å². The van der Waals surface area contributed by atoms with Crippen LogP contribution >= 0.6 is 11.8 Å². The van der Waals surface area contributed by atoms with Gasteiger partial charge in [-0.2, -0.15) is 0 Å². The molecule has 3 aliphatic rings. The van der Waals surface area contributed by atoms with Gasteiger partial charge in [-0.3, -0.25) is 9.69 Å². The van der Waals surface area contributed by atoms with Gasteiger partial charge in [0.15, 0.2) is 0 Å². The highest BCUT2D eigenvalue weighted by atomic mass is 32.2. The highest BCUT2D eigenvalue weighted by molar-refractivity contribution is 8.06. The van der Waals surface area contributed by atoms with E-state index in [2.05, 4.69) is 52.9 Å². The molecule has 9 nitrogen and oxygen atoms in total. The highest BCUT2D eigenvalue weighted by Crippen LogP contribution is 2.33. The van der Waals surface area contributed by atoms with Crippen molar-refractivity contribution in [2.24, 2.45) is 5.92 Å². The second kappa shape index (κ2) is 17.1. The third kappa shape index (κ3) is 9.99. The first kappa shape index (κ1) is 33.3. The van der Waals surface area contributed by atoms with E-state index in [4.69, 9.17) is 14.2 Å². The second-order valence-electron chi connectivity index (χ2n) is 11.4. The minimum atomic E-state index is -1.36. The number of methoxy groups -OCH3 is 1. The van der Waals surface area contributed by atoms with E-state index in [0.717, 1.165) is 56.2 Å². The Hall–Kier alpha value is -1.57. The Bertz CT molecular complexity index is 1090. The summed E-state index contributed by atoms with van der Waals surface area (Å²) in [5, 5.41) is 4.17. The summed E-state index contributed by atoms with van der Waals surface area (Å²) in [5.41, 5.74) is 0.844. The van der Waals surface area contributed by atoms with E-state index in [-0.39, 0.29) is 18.1 Å². The molecule has 0 aromatic heterocycles. The Morgan fingerprint density at radius 1 is 1.21 bits per heavy atom. The van der Waals surface area contributed by atoms with E-state index in [1.807, 2.05) is 24.3 Å². The number of hydrogen-bond donors (Lipinski definition) is 2. The summed E-state index contributed by atoms with van der Waals surface area (Å²) < 4.78 is 32.7. The molecule has 2 N–H and O–H groups in total. The van der Waals surface area contributed by atoms with E-state index in [1.165, 1.54) is 4.91 Å². The fourth-order valence-corrected chi connectivity index (χ4v) is 7.39. The lowest BCUT2D eigenvalue weighted by Crippen LogP contribution is -2.44. The van der Waals surface area contributed by atoms with Crippen LogP contribution in [0.5, 0.6) is 0 Å². The number of benzene rings is 1. The maximum Gasteiger partial charge on any atom is 0.234 e. The smallest absolute Gasteiger partial charge is 0.234 e. The molecule has 0 bridgehead atoms. The van der Waals surface area contributed by atoms with Crippen LogP contribution < -0.4 is 10.0 Å². The normalized spacial score (nSPS) is 24.4. The molecule has 3 heterocycles. The summed E-state index contributed by atoms with van der Waals surface area (Å²) in [6, 6.07) is 7.47. The number of nitrogens with one attached hydrogen (secondary N) is 2. The van der Waals surface area contributed by atoms with Crippen LogP contribution in [0.15, 0.2) is 51.2 Å². The first-order valence-electron chi connectivity index (χ1n) is 15.1. The molecule has 0 spiro atoms. The van der Waals surface area contributed by atoms with Crippen molar-refractivity contribution in [3.63, 3.8) is 0 Å². The number of carbonyl (C=O) groups is 1. The second-order valence-corrected chi connectivity index (χ2v) is 13.8. The number of ether oxygens (including phenoxy) is 3. The van der Waals surface area contributed by atoms with E-state index >= 15 is 0 Å². The number of likely N-dealkylation sites (N-methyl/N-ethyl adjacent to an activating group) is 1. The molecule has 4 unspecified atom stereocenters. The zero-order valence-electron chi connectivity index (χ0n) is 25.5. The van der Waals surface area contributed by atoms with Gasteiger partial charge < -0.3 is 24.4 Å². The first-order chi connectivity index (χ1) is 20.4. The average Bonchev–Trinajstić information content (AvgIpc) is 3.44. The van der Waals surface area contributed by atoms with Gasteiger partial charge in [0.05, 0.1) is 41.3 Å². The van der Waals surface area contributed by atoms with Crippen LogP contribution in [-0.4, -0.2) is 105 Å². The summed E-state index contributed by atoms with van der Waals surface area (Å²) in [5.74, 6) is -0.197. The van der Waals surface area contributed by atoms with Crippen molar-refractivity contribution >= 4 is 28.7 Å². The highest BCUT2D eigenvalue weighted by Gasteiger charge is 2.33. The fourth-order valence-electron chi connectivity index (χ4n) is 5.41. The predicted octanol–water partition coefficient (Wildman–Crippen LogP) is 3.47. The molecular weight excluding hydrogens is 572 g/mol. The molecule has 0 aliphatic carbocycles. The van der Waals surface area contributed by atoms with Crippen molar-refractivity contribution in [1.82, 2.24) is 19.8 Å². The molecule has 3 aliphatic heterocycles. The number of carbonyl (C=O) groups excluding carboxylic acids is 1. The SMILES string of the molecule is CCC(O[C@@H]1CCOC1)C(C(=O)NC1=CCC(C)C=C(CN2CCN(C)CC2)S1)c1ccc(S(=O)NCCOC)cc1. The van der Waals surface area contributed by atoms with Gasteiger partial charge in [0.1, 0.15) is 11.0 Å². The molecule has 1 aromatic carbocycles. The van der Waals surface area contributed by atoms with Gasteiger partial charge in [-0.25, -0.2) is 8.93 Å². The van der Waals surface area contributed by atoms with Crippen LogP contribution in [0.3, 0.4) is 0 Å². The Morgan fingerprint density at radius 2 is 1.98 bits per heavy atom. The van der Waals surface area contributed by atoms with Gasteiger partial charge in [0, 0.05) is 57.9 Å². The molecule has 11 heteroatoms. The van der Waals surface area contributed by atoms with E-state index in [9.17, 15) is 9.00 Å². The number of hydrogen-bond acceptors (Lipinski definition) is 8. The summed E-state index contributed by atoms with van der Waals surface area (Å²) in [6.45, 7) is 11.7. The lowest BCUT2D eigenvalue weighted by molar-refractivity contribution is -0.127. The molecule has 2 saturated heterocycles. The van der Waals surface area contributed by atoms with Gasteiger partial charge in [-0.15, -0.1) is 0 Å². The predicted molar refractivity (Wildman–Crippen MR) is 169 cm³/mol. The lowest BCUT2D eigenvalue weighted by atomic mass is 9.90. The summed E-state index contributed by atoms with van der Waals surface area (Å²) in [6.07, 6.45) is 6.56. The molecule has 2 fully saturated rings. The van der Waals surface area contributed by atoms with Gasteiger partial charge in [0.2, 0.25) is 5.91 Å². The van der Waals surface area contributed by atoms with Crippen molar-refractivity contribution in [2.45, 2.75) is 56.1 Å². The molecule has 4 rings (SSSR count). The van der Waals surface area contributed by atoms with E-state index < -0.39 is 16.9 Å². The molecule has 42 heavy (non-hydrogen) atoms. The number of amides is 1. The monoisotopic (exact) mass is 620 g/mol. The number of allylic oxidation sites excluding steroid dienone is 2. The Kier molecular flexibility index (Phi) is 13.5. The number of thioether (sulfide) groups is 1. The van der Waals surface area contributed by atoms with Crippen LogP contribution in [0, 0.1) is 5.92 Å². The minimum Gasteiger partial charge on any atom is -0.383 e. The maximum absolute atomic E-state index is 14.1. The largest absolute Gasteiger partial charge is 0.383 e. The number of rotatable bonds is 14. The fraction of sp³-hybridized carbons (Fsp3) is 0.645. The molecule has 1 aromatic rings. The van der Waals surface area contributed by atoms with Gasteiger partial charge in [-0.05, 0) is 49.9 Å². The van der Waals surface area contributed by atoms with Crippen LogP contribution in [0.4, 0.5) is 0 Å². The van der Waals surface area contributed by atoms with E-state index in [0.29, 0.717) is 43.6 Å². The van der Waals surface area contributed by atoms with Gasteiger partial charge >= 0.3 is 0 Å². The molecule has 0 radical (unpaired) electrons. The zero-order chi connectivity index (χ0) is 29.9. The van der Waals surface area contributed by atoms with Crippen molar-refractivity contribution in [3.8, 4) is 0 Å². The van der Waals surface area contributed by atoms with Gasteiger partial charge in [0.25, 0.3) is 0 Å². The third-order valence-corrected chi connectivity index (χ3v) is 10.1. The average molecular weight is 621 g/mol. The van der Waals surface area contributed by atoms with Gasteiger partial charge in [-0.1, -0.05) is 49.9 Å². The standard InChI is InChI=1S/C31H48N4O5S2/c1-5-28(40-25-12-18-39-22-25)30(24-7-9-27(10-8-24)42(37)32-13-19-38-4)31(36)33-29-11-6-23(2)20-26(41-29)21-35-16-14-34(3)15-17-35/h7-11,20,23,25,28,30,32H,5-6,12-19,21-22H2,1-4H3,(H,33,36)/t23?,25-,28?,30?,42?/m1/s1. The van der Waals surface area contributed by atoms with Crippen LogP contribution in [0.1, 0.15) is 44.6 Å². The molecule has 0 saturated carbocycles. The Morgan fingerprint density at radius 3 is 2.64 bits per heavy atom. The van der Waals surface area contributed by atoms with Crippen molar-refractivity contribution in [1.29, 1.82) is 0 Å². The molecular formula is C31H48N4O5S2. The topological polar surface area (TPSA) is 92.4 Å². The van der Waals surface area contributed by atoms with Crippen LogP contribution in [0.25, 0.3) is 0 Å². The maximum atomic E-state index is 14.1. The molecule has 5 atom stereocenters.